The Hall–Kier alpha value is -1.97. The van der Waals surface area contributed by atoms with Crippen molar-refractivity contribution in [2.45, 2.75) is 12.8 Å². The SMILES string of the molecule is OCC#Cc1ccc(COc2cccc(C(F)(F)F)c2)s1. The van der Waals surface area contributed by atoms with Gasteiger partial charge in [-0.25, -0.2) is 0 Å². The first-order valence-corrected chi connectivity index (χ1v) is 6.79. The minimum Gasteiger partial charge on any atom is -0.488 e. The lowest BCUT2D eigenvalue weighted by atomic mass is 10.2. The van der Waals surface area contributed by atoms with Gasteiger partial charge in [0.2, 0.25) is 0 Å². The molecule has 110 valence electrons. The predicted molar refractivity (Wildman–Crippen MR) is 74.1 cm³/mol. The molecular weight excluding hydrogens is 301 g/mol. The van der Waals surface area contributed by atoms with E-state index in [1.165, 1.54) is 23.5 Å². The molecule has 0 atom stereocenters. The molecule has 2 aromatic rings. The van der Waals surface area contributed by atoms with Crippen LogP contribution in [-0.4, -0.2) is 11.7 Å². The van der Waals surface area contributed by atoms with Gasteiger partial charge in [-0.05, 0) is 30.3 Å². The number of benzene rings is 1. The van der Waals surface area contributed by atoms with Gasteiger partial charge in [-0.15, -0.1) is 11.3 Å². The fourth-order valence-corrected chi connectivity index (χ4v) is 2.36. The second-order valence-electron chi connectivity index (χ2n) is 4.04. The van der Waals surface area contributed by atoms with Crippen LogP contribution < -0.4 is 4.74 Å². The number of aliphatic hydroxyl groups is 1. The van der Waals surface area contributed by atoms with Crippen LogP contribution in [0.4, 0.5) is 13.2 Å². The summed E-state index contributed by atoms with van der Waals surface area (Å²) >= 11 is 1.37. The van der Waals surface area contributed by atoms with E-state index in [9.17, 15) is 13.2 Å². The standard InChI is InChI=1S/C15H11F3O2S/c16-15(17,18)11-3-1-4-12(9-11)20-10-14-7-6-13(21-14)5-2-8-19/h1,3-4,6-7,9,19H,8,10H2. The largest absolute Gasteiger partial charge is 0.488 e. The van der Waals surface area contributed by atoms with Gasteiger partial charge in [-0.3, -0.25) is 0 Å². The molecule has 0 fully saturated rings. The molecular formula is C15H11F3O2S. The molecule has 0 saturated carbocycles. The van der Waals surface area contributed by atoms with Crippen LogP contribution in [0.15, 0.2) is 36.4 Å². The van der Waals surface area contributed by atoms with Crippen LogP contribution in [0.3, 0.4) is 0 Å². The van der Waals surface area contributed by atoms with Gasteiger partial charge >= 0.3 is 6.18 Å². The summed E-state index contributed by atoms with van der Waals surface area (Å²) < 4.78 is 43.0. The van der Waals surface area contributed by atoms with Crippen LogP contribution in [-0.2, 0) is 12.8 Å². The van der Waals surface area contributed by atoms with Crippen LogP contribution in [0, 0.1) is 11.8 Å². The van der Waals surface area contributed by atoms with Crippen LogP contribution >= 0.6 is 11.3 Å². The van der Waals surface area contributed by atoms with Gasteiger partial charge in [0.15, 0.2) is 0 Å². The van der Waals surface area contributed by atoms with Gasteiger partial charge in [0.05, 0.1) is 10.4 Å². The molecule has 0 bridgehead atoms. The third kappa shape index (κ3) is 4.52. The summed E-state index contributed by atoms with van der Waals surface area (Å²) in [7, 11) is 0. The molecule has 0 saturated heterocycles. The number of alkyl halides is 3. The minimum absolute atomic E-state index is 0.168. The molecule has 2 rings (SSSR count). The van der Waals surface area contributed by atoms with Crippen LogP contribution in [0.5, 0.6) is 5.75 Å². The normalized spacial score (nSPS) is 10.9. The van der Waals surface area contributed by atoms with E-state index >= 15 is 0 Å². The van der Waals surface area contributed by atoms with Crippen molar-refractivity contribution in [2.24, 2.45) is 0 Å². The summed E-state index contributed by atoms with van der Waals surface area (Å²) in [5.41, 5.74) is -0.735. The van der Waals surface area contributed by atoms with Crippen molar-refractivity contribution in [3.05, 3.63) is 51.7 Å². The second kappa shape index (κ2) is 6.66. The highest BCUT2D eigenvalue weighted by Crippen LogP contribution is 2.31. The molecule has 0 unspecified atom stereocenters. The maximum absolute atomic E-state index is 12.6. The van der Waals surface area contributed by atoms with Gasteiger partial charge in [0, 0.05) is 4.88 Å². The van der Waals surface area contributed by atoms with Crippen LogP contribution in [0.2, 0.25) is 0 Å². The molecule has 0 radical (unpaired) electrons. The zero-order valence-corrected chi connectivity index (χ0v) is 11.6. The first kappa shape index (κ1) is 15.4. The summed E-state index contributed by atoms with van der Waals surface area (Å²) in [6, 6.07) is 8.33. The molecule has 1 aromatic carbocycles. The first-order valence-electron chi connectivity index (χ1n) is 5.97. The van der Waals surface area contributed by atoms with E-state index in [1.807, 2.05) is 0 Å². The van der Waals surface area contributed by atoms with Gasteiger partial charge in [-0.1, -0.05) is 17.9 Å². The van der Waals surface area contributed by atoms with Gasteiger partial charge in [-0.2, -0.15) is 13.2 Å². The third-order valence-electron chi connectivity index (χ3n) is 2.49. The first-order chi connectivity index (χ1) is 9.99. The average molecular weight is 312 g/mol. The van der Waals surface area contributed by atoms with Crippen LogP contribution in [0.1, 0.15) is 15.3 Å². The average Bonchev–Trinajstić information content (AvgIpc) is 2.90. The van der Waals surface area contributed by atoms with Crippen molar-refractivity contribution < 1.29 is 23.0 Å². The molecule has 1 N–H and O–H groups in total. The summed E-state index contributed by atoms with van der Waals surface area (Å²) in [5.74, 6) is 5.45. The number of thiophene rings is 1. The van der Waals surface area contributed by atoms with E-state index in [0.717, 1.165) is 21.9 Å². The van der Waals surface area contributed by atoms with E-state index in [0.29, 0.717) is 0 Å². The topological polar surface area (TPSA) is 29.5 Å². The molecule has 0 amide bonds. The zero-order valence-electron chi connectivity index (χ0n) is 10.8. The van der Waals surface area contributed by atoms with Crippen molar-refractivity contribution in [1.82, 2.24) is 0 Å². The van der Waals surface area contributed by atoms with Crippen molar-refractivity contribution in [2.75, 3.05) is 6.61 Å². The molecule has 0 spiro atoms. The number of ether oxygens (including phenoxy) is 1. The molecule has 0 aliphatic rings. The van der Waals surface area contributed by atoms with E-state index in [-0.39, 0.29) is 19.0 Å². The van der Waals surface area contributed by atoms with E-state index in [1.54, 1.807) is 12.1 Å². The highest BCUT2D eigenvalue weighted by Gasteiger charge is 2.30. The highest BCUT2D eigenvalue weighted by atomic mass is 32.1. The fraction of sp³-hybridized carbons (Fsp3) is 0.200. The fourth-order valence-electron chi connectivity index (χ4n) is 1.57. The summed E-state index contributed by atoms with van der Waals surface area (Å²) in [6.45, 7) is -0.0409. The van der Waals surface area contributed by atoms with Gasteiger partial charge < -0.3 is 9.84 Å². The summed E-state index contributed by atoms with van der Waals surface area (Å²) in [6.07, 6.45) is -4.38. The molecule has 6 heteroatoms. The van der Waals surface area contributed by atoms with Gasteiger partial charge in [0.1, 0.15) is 19.0 Å². The van der Waals surface area contributed by atoms with Gasteiger partial charge in [0.25, 0.3) is 0 Å². The van der Waals surface area contributed by atoms with E-state index in [2.05, 4.69) is 11.8 Å². The Morgan fingerprint density at radius 1 is 1.19 bits per heavy atom. The summed E-state index contributed by atoms with van der Waals surface area (Å²) in [4.78, 5) is 1.61. The second-order valence-corrected chi connectivity index (χ2v) is 5.21. The Balaban J connectivity index is 2.01. The van der Waals surface area contributed by atoms with Crippen molar-refractivity contribution in [3.8, 4) is 17.6 Å². The van der Waals surface area contributed by atoms with Crippen molar-refractivity contribution >= 4 is 11.3 Å². The maximum Gasteiger partial charge on any atom is 0.416 e. The smallest absolute Gasteiger partial charge is 0.416 e. The number of halogens is 3. The molecule has 0 aliphatic heterocycles. The van der Waals surface area contributed by atoms with E-state index in [4.69, 9.17) is 9.84 Å². The third-order valence-corrected chi connectivity index (χ3v) is 3.47. The quantitative estimate of drug-likeness (QED) is 0.876. The lowest BCUT2D eigenvalue weighted by molar-refractivity contribution is -0.137. The minimum atomic E-state index is -4.38. The lowest BCUT2D eigenvalue weighted by Crippen LogP contribution is -2.05. The highest BCUT2D eigenvalue weighted by molar-refractivity contribution is 7.12. The lowest BCUT2D eigenvalue weighted by Gasteiger charge is -2.09. The predicted octanol–water partition coefficient (Wildman–Crippen LogP) is 3.69. The Morgan fingerprint density at radius 3 is 2.71 bits per heavy atom. The Bertz CT molecular complexity index is 665. The monoisotopic (exact) mass is 312 g/mol. The maximum atomic E-state index is 12.6. The number of hydrogen-bond donors (Lipinski definition) is 1. The molecule has 1 aromatic heterocycles. The molecule has 1 heterocycles. The number of aliphatic hydroxyl groups excluding tert-OH is 1. The zero-order chi connectivity index (χ0) is 15.3. The Kier molecular flexibility index (Phi) is 4.89. The number of hydrogen-bond acceptors (Lipinski definition) is 3. The summed E-state index contributed by atoms with van der Waals surface area (Å²) in [5, 5.41) is 8.59. The molecule has 21 heavy (non-hydrogen) atoms. The molecule has 2 nitrogen and oxygen atoms in total. The van der Waals surface area contributed by atoms with Crippen molar-refractivity contribution in [1.29, 1.82) is 0 Å². The van der Waals surface area contributed by atoms with Crippen molar-refractivity contribution in [3.63, 3.8) is 0 Å². The van der Waals surface area contributed by atoms with Crippen LogP contribution in [0.25, 0.3) is 0 Å². The number of rotatable bonds is 3. The Labute approximate surface area is 123 Å². The Morgan fingerprint density at radius 2 is 2.00 bits per heavy atom. The van der Waals surface area contributed by atoms with E-state index < -0.39 is 11.7 Å². The molecule has 0 aliphatic carbocycles.